The second-order valence-electron chi connectivity index (χ2n) is 4.66. The Bertz CT molecular complexity index is 830. The normalized spacial score (nSPS) is 11.2. The third kappa shape index (κ3) is 1.69. The molecular formula is C14H13N3O3. The van der Waals surface area contributed by atoms with Gasteiger partial charge in [-0.1, -0.05) is 0 Å². The molecule has 2 N–H and O–H groups in total. The van der Waals surface area contributed by atoms with Crippen molar-refractivity contribution in [3.05, 3.63) is 34.9 Å². The maximum Gasteiger partial charge on any atom is 0.338 e. The molecular weight excluding hydrogens is 258 g/mol. The highest BCUT2D eigenvalue weighted by atomic mass is 16.4. The van der Waals surface area contributed by atoms with Gasteiger partial charge in [-0.2, -0.15) is 0 Å². The molecule has 3 aromatic rings. The smallest absolute Gasteiger partial charge is 0.338 e. The lowest BCUT2D eigenvalue weighted by Crippen LogP contribution is -1.97. The maximum atomic E-state index is 11.2. The molecule has 20 heavy (non-hydrogen) atoms. The summed E-state index contributed by atoms with van der Waals surface area (Å²) in [5, 5.41) is 9.18. The summed E-state index contributed by atoms with van der Waals surface area (Å²) in [6.07, 6.45) is 1.44. The lowest BCUT2D eigenvalue weighted by atomic mass is 10.1. The summed E-state index contributed by atoms with van der Waals surface area (Å²) in [5.41, 5.74) is 2.81. The van der Waals surface area contributed by atoms with Gasteiger partial charge < -0.3 is 14.5 Å². The molecule has 0 saturated heterocycles. The van der Waals surface area contributed by atoms with Crippen LogP contribution in [0.3, 0.4) is 0 Å². The minimum atomic E-state index is -1.01. The Kier molecular flexibility index (Phi) is 2.60. The van der Waals surface area contributed by atoms with Crippen molar-refractivity contribution >= 4 is 17.1 Å². The van der Waals surface area contributed by atoms with Gasteiger partial charge in [0.1, 0.15) is 17.3 Å². The van der Waals surface area contributed by atoms with Gasteiger partial charge in [-0.05, 0) is 26.8 Å². The van der Waals surface area contributed by atoms with Crippen molar-refractivity contribution in [2.45, 2.75) is 20.8 Å². The molecule has 102 valence electrons. The van der Waals surface area contributed by atoms with E-state index in [9.17, 15) is 9.90 Å². The highest BCUT2D eigenvalue weighted by Gasteiger charge is 2.19. The topological polar surface area (TPSA) is 92.0 Å². The van der Waals surface area contributed by atoms with E-state index in [0.717, 1.165) is 22.6 Å². The van der Waals surface area contributed by atoms with E-state index in [1.807, 2.05) is 20.8 Å². The van der Waals surface area contributed by atoms with Crippen LogP contribution in [0.1, 0.15) is 27.4 Å². The Balaban J connectivity index is 2.29. The molecule has 0 bridgehead atoms. The number of carbonyl (C=O) groups is 1. The zero-order chi connectivity index (χ0) is 14.4. The predicted molar refractivity (Wildman–Crippen MR) is 72.8 cm³/mol. The molecule has 3 heterocycles. The van der Waals surface area contributed by atoms with Crippen molar-refractivity contribution in [3.63, 3.8) is 0 Å². The number of hydrogen-bond acceptors (Lipinski definition) is 4. The minimum absolute atomic E-state index is 0.157. The van der Waals surface area contributed by atoms with Crippen LogP contribution in [0.15, 0.2) is 16.7 Å². The molecule has 6 heteroatoms. The zero-order valence-corrected chi connectivity index (χ0v) is 11.3. The van der Waals surface area contributed by atoms with Crippen molar-refractivity contribution in [2.24, 2.45) is 0 Å². The van der Waals surface area contributed by atoms with E-state index in [0.29, 0.717) is 17.0 Å². The number of imidazole rings is 1. The Morgan fingerprint density at radius 3 is 2.65 bits per heavy atom. The molecule has 0 radical (unpaired) electrons. The first-order chi connectivity index (χ1) is 9.49. The number of fused-ring (bicyclic) bond motifs is 1. The lowest BCUT2D eigenvalue weighted by molar-refractivity contribution is 0.0698. The van der Waals surface area contributed by atoms with Crippen molar-refractivity contribution in [2.75, 3.05) is 0 Å². The molecule has 6 nitrogen and oxygen atoms in total. The molecule has 0 aliphatic rings. The molecule has 3 aromatic heterocycles. The molecule has 0 atom stereocenters. The third-order valence-corrected chi connectivity index (χ3v) is 3.42. The van der Waals surface area contributed by atoms with Crippen LogP contribution in [-0.2, 0) is 0 Å². The number of furan rings is 1. The van der Waals surface area contributed by atoms with Gasteiger partial charge in [0.2, 0.25) is 0 Å². The van der Waals surface area contributed by atoms with Gasteiger partial charge in [-0.25, -0.2) is 14.8 Å². The van der Waals surface area contributed by atoms with Crippen LogP contribution >= 0.6 is 0 Å². The van der Waals surface area contributed by atoms with Crippen LogP contribution < -0.4 is 0 Å². The number of carboxylic acid groups (broad SMARTS) is 1. The Morgan fingerprint density at radius 1 is 1.30 bits per heavy atom. The number of H-pyrrole nitrogens is 1. The average Bonchev–Trinajstić information content (AvgIpc) is 2.90. The van der Waals surface area contributed by atoms with Crippen LogP contribution in [0, 0.1) is 20.8 Å². The maximum absolute atomic E-state index is 11.2. The standard InChI is InChI=1S/C14H13N3O3/c1-6-7(2)20-8(3)10(6)12-16-11-9(14(18)19)4-5-15-13(11)17-12/h4-5H,1-3H3,(H,18,19)(H,15,16,17). The minimum Gasteiger partial charge on any atom is -0.478 e. The monoisotopic (exact) mass is 271 g/mol. The number of carboxylic acids is 1. The first-order valence-electron chi connectivity index (χ1n) is 6.14. The zero-order valence-electron chi connectivity index (χ0n) is 11.3. The second kappa shape index (κ2) is 4.19. The summed E-state index contributed by atoms with van der Waals surface area (Å²) in [7, 11) is 0. The van der Waals surface area contributed by atoms with E-state index in [1.165, 1.54) is 12.3 Å². The van der Waals surface area contributed by atoms with Crippen molar-refractivity contribution in [3.8, 4) is 11.4 Å². The summed E-state index contributed by atoms with van der Waals surface area (Å²) in [6.45, 7) is 5.68. The van der Waals surface area contributed by atoms with E-state index in [4.69, 9.17) is 4.42 Å². The van der Waals surface area contributed by atoms with Crippen molar-refractivity contribution in [1.29, 1.82) is 0 Å². The fraction of sp³-hybridized carbons (Fsp3) is 0.214. The van der Waals surface area contributed by atoms with Crippen LogP contribution in [0.4, 0.5) is 0 Å². The van der Waals surface area contributed by atoms with E-state index in [2.05, 4.69) is 15.0 Å². The summed E-state index contributed by atoms with van der Waals surface area (Å²) in [5.74, 6) is 1.14. The van der Waals surface area contributed by atoms with Gasteiger partial charge in [0.15, 0.2) is 5.65 Å². The van der Waals surface area contributed by atoms with Crippen molar-refractivity contribution < 1.29 is 14.3 Å². The number of aromatic amines is 1. The fourth-order valence-electron chi connectivity index (χ4n) is 2.35. The molecule has 0 aliphatic carbocycles. The van der Waals surface area contributed by atoms with Gasteiger partial charge in [-0.3, -0.25) is 0 Å². The van der Waals surface area contributed by atoms with E-state index in [1.54, 1.807) is 0 Å². The second-order valence-corrected chi connectivity index (χ2v) is 4.66. The Morgan fingerprint density at radius 2 is 2.05 bits per heavy atom. The molecule has 0 unspecified atom stereocenters. The Hall–Kier alpha value is -2.63. The van der Waals surface area contributed by atoms with Gasteiger partial charge in [0, 0.05) is 11.8 Å². The molecule has 0 amide bonds. The molecule has 3 rings (SSSR count). The summed E-state index contributed by atoms with van der Waals surface area (Å²) >= 11 is 0. The van der Waals surface area contributed by atoms with E-state index >= 15 is 0 Å². The first kappa shape index (κ1) is 12.4. The number of hydrogen-bond donors (Lipinski definition) is 2. The number of aromatic nitrogens is 3. The third-order valence-electron chi connectivity index (χ3n) is 3.42. The van der Waals surface area contributed by atoms with Crippen LogP contribution in [0.2, 0.25) is 0 Å². The molecule has 0 aromatic carbocycles. The SMILES string of the molecule is Cc1oc(C)c(-c2nc3nccc(C(=O)O)c3[nH]2)c1C. The molecule has 0 saturated carbocycles. The number of nitrogens with one attached hydrogen (secondary N) is 1. The number of aryl methyl sites for hydroxylation is 2. The highest BCUT2D eigenvalue weighted by molar-refractivity contribution is 6.00. The van der Waals surface area contributed by atoms with Crippen LogP contribution in [0.25, 0.3) is 22.6 Å². The number of rotatable bonds is 2. The molecule has 0 spiro atoms. The number of aromatic carboxylic acids is 1. The van der Waals surface area contributed by atoms with Gasteiger partial charge in [-0.15, -0.1) is 0 Å². The summed E-state index contributed by atoms with van der Waals surface area (Å²) in [4.78, 5) is 22.7. The molecule has 0 fully saturated rings. The van der Waals surface area contributed by atoms with Gasteiger partial charge in [0.05, 0.1) is 16.6 Å². The largest absolute Gasteiger partial charge is 0.478 e. The molecule has 0 aliphatic heterocycles. The van der Waals surface area contributed by atoms with E-state index < -0.39 is 5.97 Å². The number of pyridine rings is 1. The fourth-order valence-corrected chi connectivity index (χ4v) is 2.35. The van der Waals surface area contributed by atoms with Gasteiger partial charge in [0.25, 0.3) is 0 Å². The highest BCUT2D eigenvalue weighted by Crippen LogP contribution is 2.31. The average molecular weight is 271 g/mol. The summed E-state index contributed by atoms with van der Waals surface area (Å²) in [6, 6.07) is 1.45. The van der Waals surface area contributed by atoms with Crippen LogP contribution in [0.5, 0.6) is 0 Å². The lowest BCUT2D eigenvalue weighted by Gasteiger charge is -1.95. The quantitative estimate of drug-likeness (QED) is 0.747. The first-order valence-corrected chi connectivity index (χ1v) is 6.14. The number of nitrogens with zero attached hydrogens (tertiary/aromatic N) is 2. The van der Waals surface area contributed by atoms with Gasteiger partial charge >= 0.3 is 5.97 Å². The summed E-state index contributed by atoms with van der Waals surface area (Å²) < 4.78 is 5.58. The van der Waals surface area contributed by atoms with Crippen LogP contribution in [-0.4, -0.2) is 26.0 Å². The predicted octanol–water partition coefficient (Wildman–Crippen LogP) is 2.84. The Labute approximate surface area is 114 Å². The van der Waals surface area contributed by atoms with Crippen molar-refractivity contribution in [1.82, 2.24) is 15.0 Å². The van der Waals surface area contributed by atoms with E-state index in [-0.39, 0.29) is 5.56 Å².